The van der Waals surface area contributed by atoms with E-state index in [1.54, 1.807) is 24.3 Å². The van der Waals surface area contributed by atoms with Crippen molar-refractivity contribution in [1.29, 1.82) is 0 Å². The first-order valence-corrected chi connectivity index (χ1v) is 9.36. The number of aliphatic hydroxyl groups is 1. The van der Waals surface area contributed by atoms with Gasteiger partial charge in [0.05, 0.1) is 18.8 Å². The maximum atomic E-state index is 11.7. The smallest absolute Gasteiger partial charge is 0.338 e. The minimum atomic E-state index is -0.450. The average molecular weight is 366 g/mol. The van der Waals surface area contributed by atoms with Gasteiger partial charge in [0.15, 0.2) is 0 Å². The number of rotatable bonds is 9. The van der Waals surface area contributed by atoms with Gasteiger partial charge < -0.3 is 14.6 Å². The highest BCUT2D eigenvalue weighted by Crippen LogP contribution is 2.13. The molecule has 4 nitrogen and oxygen atoms in total. The third-order valence-corrected chi connectivity index (χ3v) is 3.92. The van der Waals surface area contributed by atoms with Crippen LogP contribution in [0.3, 0.4) is 0 Å². The standard InChI is InChI=1S/C23H26O4/c1-2-3-4-5-17-26-22-14-10-20(11-15-22)7-6-19-8-12-21(13-9-19)23(25)27-18-16-24/h8-15,24H,2-5,16-18H2,1H3. The van der Waals surface area contributed by atoms with Crippen LogP contribution in [0.15, 0.2) is 48.5 Å². The number of carbonyl (C=O) groups excluding carboxylic acids is 1. The van der Waals surface area contributed by atoms with Crippen molar-refractivity contribution in [3.8, 4) is 17.6 Å². The molecule has 0 unspecified atom stereocenters. The highest BCUT2D eigenvalue weighted by atomic mass is 16.5. The van der Waals surface area contributed by atoms with E-state index in [2.05, 4.69) is 18.8 Å². The molecule has 0 saturated carbocycles. The van der Waals surface area contributed by atoms with E-state index in [0.717, 1.165) is 29.9 Å². The number of aliphatic hydroxyl groups excluding tert-OH is 1. The Morgan fingerprint density at radius 3 is 2.11 bits per heavy atom. The van der Waals surface area contributed by atoms with Gasteiger partial charge in [-0.25, -0.2) is 4.79 Å². The van der Waals surface area contributed by atoms with Crippen LogP contribution in [0.5, 0.6) is 5.75 Å². The summed E-state index contributed by atoms with van der Waals surface area (Å²) in [5.74, 6) is 6.59. The van der Waals surface area contributed by atoms with Gasteiger partial charge in [-0.1, -0.05) is 38.0 Å². The molecule has 0 aliphatic carbocycles. The Bertz CT molecular complexity index is 752. The Balaban J connectivity index is 1.86. The van der Waals surface area contributed by atoms with Gasteiger partial charge in [0.2, 0.25) is 0 Å². The van der Waals surface area contributed by atoms with Gasteiger partial charge in [-0.2, -0.15) is 0 Å². The maximum Gasteiger partial charge on any atom is 0.338 e. The van der Waals surface area contributed by atoms with Crippen molar-refractivity contribution in [1.82, 2.24) is 0 Å². The fraction of sp³-hybridized carbons (Fsp3) is 0.348. The summed E-state index contributed by atoms with van der Waals surface area (Å²) in [5.41, 5.74) is 2.15. The Morgan fingerprint density at radius 1 is 0.889 bits per heavy atom. The van der Waals surface area contributed by atoms with E-state index in [1.807, 2.05) is 24.3 Å². The number of esters is 1. The fourth-order valence-electron chi connectivity index (χ4n) is 2.41. The first kappa shape index (κ1) is 20.5. The molecule has 0 radical (unpaired) electrons. The molecule has 0 heterocycles. The van der Waals surface area contributed by atoms with Crippen molar-refractivity contribution in [3.63, 3.8) is 0 Å². The largest absolute Gasteiger partial charge is 0.494 e. The van der Waals surface area contributed by atoms with E-state index in [9.17, 15) is 4.79 Å². The molecular formula is C23H26O4. The Morgan fingerprint density at radius 2 is 1.52 bits per heavy atom. The number of benzene rings is 2. The summed E-state index contributed by atoms with van der Waals surface area (Å²) in [4.78, 5) is 11.7. The summed E-state index contributed by atoms with van der Waals surface area (Å²) in [5, 5.41) is 8.67. The Kier molecular flexibility index (Phi) is 8.95. The van der Waals surface area contributed by atoms with E-state index in [4.69, 9.17) is 14.6 Å². The fourth-order valence-corrected chi connectivity index (χ4v) is 2.41. The molecule has 142 valence electrons. The van der Waals surface area contributed by atoms with Crippen LogP contribution < -0.4 is 4.74 Å². The van der Waals surface area contributed by atoms with Gasteiger partial charge in [0.25, 0.3) is 0 Å². The first-order chi connectivity index (χ1) is 13.2. The molecule has 0 bridgehead atoms. The molecule has 0 atom stereocenters. The normalized spacial score (nSPS) is 10.0. The number of carbonyl (C=O) groups is 1. The van der Waals surface area contributed by atoms with Crippen molar-refractivity contribution < 1.29 is 19.4 Å². The predicted molar refractivity (Wildman–Crippen MR) is 106 cm³/mol. The molecule has 1 N–H and O–H groups in total. The van der Waals surface area contributed by atoms with E-state index in [1.165, 1.54) is 19.3 Å². The summed E-state index contributed by atoms with van der Waals surface area (Å²) >= 11 is 0. The SMILES string of the molecule is CCCCCCOc1ccc(C#Cc2ccc(C(=O)OCCO)cc2)cc1. The molecule has 2 aromatic carbocycles. The molecule has 0 spiro atoms. The molecule has 0 saturated heterocycles. The van der Waals surface area contributed by atoms with Crippen molar-refractivity contribution in [2.45, 2.75) is 32.6 Å². The number of ether oxygens (including phenoxy) is 2. The predicted octanol–water partition coefficient (Wildman–Crippen LogP) is 4.19. The van der Waals surface area contributed by atoms with Crippen LogP contribution in [0, 0.1) is 11.8 Å². The number of hydrogen-bond donors (Lipinski definition) is 1. The molecule has 0 amide bonds. The van der Waals surface area contributed by atoms with Gasteiger partial charge in [-0.3, -0.25) is 0 Å². The third-order valence-electron chi connectivity index (χ3n) is 3.92. The lowest BCUT2D eigenvalue weighted by molar-refractivity contribution is 0.0434. The van der Waals surface area contributed by atoms with Crippen LogP contribution in [0.25, 0.3) is 0 Å². The van der Waals surface area contributed by atoms with Gasteiger partial charge in [-0.05, 0) is 55.0 Å². The van der Waals surface area contributed by atoms with Crippen LogP contribution >= 0.6 is 0 Å². The molecule has 2 aromatic rings. The summed E-state index contributed by atoms with van der Waals surface area (Å²) < 4.78 is 10.6. The molecule has 0 aliphatic rings. The summed E-state index contributed by atoms with van der Waals surface area (Å²) in [6.45, 7) is 2.76. The van der Waals surface area contributed by atoms with Crippen molar-refractivity contribution in [3.05, 3.63) is 65.2 Å². The van der Waals surface area contributed by atoms with Gasteiger partial charge in [0, 0.05) is 11.1 Å². The zero-order valence-corrected chi connectivity index (χ0v) is 15.7. The average Bonchev–Trinajstić information content (AvgIpc) is 2.71. The van der Waals surface area contributed by atoms with Crippen molar-refractivity contribution in [2.75, 3.05) is 19.8 Å². The third kappa shape index (κ3) is 7.55. The number of hydrogen-bond acceptors (Lipinski definition) is 4. The quantitative estimate of drug-likeness (QED) is 0.411. The van der Waals surface area contributed by atoms with Crippen LogP contribution in [0.1, 0.15) is 54.1 Å². The van der Waals surface area contributed by atoms with Gasteiger partial charge >= 0.3 is 5.97 Å². The minimum Gasteiger partial charge on any atom is -0.494 e. The minimum absolute atomic E-state index is 0.00115. The lowest BCUT2D eigenvalue weighted by Gasteiger charge is -2.05. The highest BCUT2D eigenvalue weighted by molar-refractivity contribution is 5.89. The molecular weight excluding hydrogens is 340 g/mol. The summed E-state index contributed by atoms with van der Waals surface area (Å²) in [6.07, 6.45) is 4.77. The van der Waals surface area contributed by atoms with Crippen molar-refractivity contribution in [2.24, 2.45) is 0 Å². The monoisotopic (exact) mass is 366 g/mol. The van der Waals surface area contributed by atoms with E-state index < -0.39 is 5.97 Å². The molecule has 0 aromatic heterocycles. The Labute approximate surface area is 161 Å². The zero-order chi connectivity index (χ0) is 19.3. The van der Waals surface area contributed by atoms with Crippen LogP contribution in [-0.2, 0) is 4.74 Å². The zero-order valence-electron chi connectivity index (χ0n) is 15.7. The highest BCUT2D eigenvalue weighted by Gasteiger charge is 2.05. The summed E-state index contributed by atoms with van der Waals surface area (Å²) in [6, 6.07) is 14.6. The molecule has 4 heteroatoms. The van der Waals surface area contributed by atoms with Gasteiger partial charge in [0.1, 0.15) is 12.4 Å². The van der Waals surface area contributed by atoms with E-state index in [-0.39, 0.29) is 13.2 Å². The lowest BCUT2D eigenvalue weighted by Crippen LogP contribution is -2.08. The lowest BCUT2D eigenvalue weighted by atomic mass is 10.1. The second-order valence-corrected chi connectivity index (χ2v) is 6.12. The van der Waals surface area contributed by atoms with Gasteiger partial charge in [-0.15, -0.1) is 0 Å². The maximum absolute atomic E-state index is 11.7. The van der Waals surface area contributed by atoms with E-state index in [0.29, 0.717) is 5.56 Å². The molecule has 0 aliphatic heterocycles. The van der Waals surface area contributed by atoms with Crippen LogP contribution in [-0.4, -0.2) is 30.9 Å². The molecule has 2 rings (SSSR count). The summed E-state index contributed by atoms with van der Waals surface area (Å²) in [7, 11) is 0. The second kappa shape index (κ2) is 11.8. The van der Waals surface area contributed by atoms with Crippen molar-refractivity contribution >= 4 is 5.97 Å². The Hall–Kier alpha value is -2.77. The second-order valence-electron chi connectivity index (χ2n) is 6.12. The first-order valence-electron chi connectivity index (χ1n) is 9.36. The number of unbranched alkanes of at least 4 members (excludes halogenated alkanes) is 3. The molecule has 0 fully saturated rings. The molecule has 27 heavy (non-hydrogen) atoms. The van der Waals surface area contributed by atoms with Crippen LogP contribution in [0.2, 0.25) is 0 Å². The topological polar surface area (TPSA) is 55.8 Å². The van der Waals surface area contributed by atoms with Crippen LogP contribution in [0.4, 0.5) is 0 Å². The van der Waals surface area contributed by atoms with E-state index >= 15 is 0 Å².